The number of hydrogen-bond donors (Lipinski definition) is 1. The SMILES string of the molecule is Cc1nn(CCc2ccnn2C)c(C)c1C(C)O. The number of aryl methyl sites for hydroxylation is 4. The summed E-state index contributed by atoms with van der Waals surface area (Å²) in [6.07, 6.45) is 2.23. The fourth-order valence-electron chi connectivity index (χ4n) is 2.40. The third-order valence-corrected chi connectivity index (χ3v) is 3.36. The molecule has 0 spiro atoms. The van der Waals surface area contributed by atoms with E-state index in [0.717, 1.165) is 29.9 Å². The van der Waals surface area contributed by atoms with Crippen molar-refractivity contribution in [2.24, 2.45) is 7.05 Å². The minimum absolute atomic E-state index is 0.463. The molecule has 5 heteroatoms. The molecule has 2 aromatic rings. The Morgan fingerprint density at radius 2 is 2.11 bits per heavy atom. The lowest BCUT2D eigenvalue weighted by Crippen LogP contribution is -2.08. The fraction of sp³-hybridized carbons (Fsp3) is 0.538. The molecule has 1 unspecified atom stereocenters. The first-order chi connectivity index (χ1) is 8.50. The number of nitrogens with zero attached hydrogens (tertiary/aromatic N) is 4. The highest BCUT2D eigenvalue weighted by atomic mass is 16.3. The quantitative estimate of drug-likeness (QED) is 0.892. The minimum Gasteiger partial charge on any atom is -0.389 e. The largest absolute Gasteiger partial charge is 0.389 e. The summed E-state index contributed by atoms with van der Waals surface area (Å²) in [5.74, 6) is 0. The van der Waals surface area contributed by atoms with Crippen molar-refractivity contribution in [2.45, 2.75) is 39.8 Å². The van der Waals surface area contributed by atoms with E-state index in [4.69, 9.17) is 0 Å². The van der Waals surface area contributed by atoms with Crippen LogP contribution < -0.4 is 0 Å². The Labute approximate surface area is 107 Å². The van der Waals surface area contributed by atoms with Crippen LogP contribution in [0.25, 0.3) is 0 Å². The molecule has 2 heterocycles. The van der Waals surface area contributed by atoms with Crippen LogP contribution in [0.2, 0.25) is 0 Å². The molecule has 0 amide bonds. The highest BCUT2D eigenvalue weighted by Crippen LogP contribution is 2.21. The summed E-state index contributed by atoms with van der Waals surface area (Å²) >= 11 is 0. The Bertz CT molecular complexity index is 539. The maximum Gasteiger partial charge on any atom is 0.0797 e. The lowest BCUT2D eigenvalue weighted by molar-refractivity contribution is 0.197. The first-order valence-electron chi connectivity index (χ1n) is 6.19. The average Bonchev–Trinajstić information content (AvgIpc) is 2.80. The Morgan fingerprint density at radius 3 is 2.61 bits per heavy atom. The van der Waals surface area contributed by atoms with E-state index in [1.54, 1.807) is 13.1 Å². The second-order valence-corrected chi connectivity index (χ2v) is 4.68. The average molecular weight is 248 g/mol. The van der Waals surface area contributed by atoms with Gasteiger partial charge in [0.15, 0.2) is 0 Å². The van der Waals surface area contributed by atoms with Crippen LogP contribution in [0.4, 0.5) is 0 Å². The Hall–Kier alpha value is -1.62. The molecule has 0 aliphatic heterocycles. The van der Waals surface area contributed by atoms with E-state index >= 15 is 0 Å². The fourth-order valence-corrected chi connectivity index (χ4v) is 2.40. The van der Waals surface area contributed by atoms with Crippen molar-refractivity contribution in [1.29, 1.82) is 0 Å². The maximum absolute atomic E-state index is 9.73. The van der Waals surface area contributed by atoms with Gasteiger partial charge in [0, 0.05) is 43.2 Å². The van der Waals surface area contributed by atoms with Crippen molar-refractivity contribution in [3.05, 3.63) is 34.9 Å². The van der Waals surface area contributed by atoms with Gasteiger partial charge in [0.05, 0.1) is 11.8 Å². The van der Waals surface area contributed by atoms with Crippen LogP contribution in [0.1, 0.15) is 35.7 Å². The van der Waals surface area contributed by atoms with E-state index in [9.17, 15) is 5.11 Å². The lowest BCUT2D eigenvalue weighted by Gasteiger charge is -2.07. The van der Waals surface area contributed by atoms with Crippen molar-refractivity contribution in [1.82, 2.24) is 19.6 Å². The first kappa shape index (κ1) is 12.8. The maximum atomic E-state index is 9.73. The van der Waals surface area contributed by atoms with Gasteiger partial charge in [0.25, 0.3) is 0 Å². The molecule has 0 aliphatic carbocycles. The molecule has 1 N–H and O–H groups in total. The molecule has 0 saturated carbocycles. The van der Waals surface area contributed by atoms with Crippen molar-refractivity contribution < 1.29 is 5.11 Å². The van der Waals surface area contributed by atoms with Gasteiger partial charge in [0.1, 0.15) is 0 Å². The van der Waals surface area contributed by atoms with Crippen molar-refractivity contribution >= 4 is 0 Å². The zero-order valence-corrected chi connectivity index (χ0v) is 11.4. The van der Waals surface area contributed by atoms with Gasteiger partial charge in [-0.2, -0.15) is 10.2 Å². The molecule has 18 heavy (non-hydrogen) atoms. The molecule has 0 aliphatic rings. The highest BCUT2D eigenvalue weighted by molar-refractivity contribution is 5.26. The van der Waals surface area contributed by atoms with E-state index in [1.807, 2.05) is 36.3 Å². The second-order valence-electron chi connectivity index (χ2n) is 4.68. The molecular weight excluding hydrogens is 228 g/mol. The lowest BCUT2D eigenvalue weighted by atomic mass is 10.1. The van der Waals surface area contributed by atoms with Crippen molar-refractivity contribution in [3.8, 4) is 0 Å². The predicted molar refractivity (Wildman–Crippen MR) is 69.2 cm³/mol. The summed E-state index contributed by atoms with van der Waals surface area (Å²) in [6, 6.07) is 2.02. The monoisotopic (exact) mass is 248 g/mol. The number of aromatic nitrogens is 4. The molecule has 2 aromatic heterocycles. The van der Waals surface area contributed by atoms with E-state index in [-0.39, 0.29) is 0 Å². The summed E-state index contributed by atoms with van der Waals surface area (Å²) in [5.41, 5.74) is 4.08. The number of rotatable bonds is 4. The molecule has 0 radical (unpaired) electrons. The Morgan fingerprint density at radius 1 is 1.39 bits per heavy atom. The molecule has 0 fully saturated rings. The zero-order valence-electron chi connectivity index (χ0n) is 11.4. The third kappa shape index (κ3) is 2.31. The van der Waals surface area contributed by atoms with Gasteiger partial charge in [-0.05, 0) is 26.8 Å². The van der Waals surface area contributed by atoms with Crippen LogP contribution in [-0.2, 0) is 20.0 Å². The standard InChI is InChI=1S/C13H20N4O/c1-9-13(11(3)18)10(2)17(15-9)8-6-12-5-7-14-16(12)4/h5,7,11,18H,6,8H2,1-4H3. The van der Waals surface area contributed by atoms with E-state index < -0.39 is 6.10 Å². The topological polar surface area (TPSA) is 55.9 Å². The van der Waals surface area contributed by atoms with Crippen LogP contribution in [0, 0.1) is 13.8 Å². The molecule has 0 saturated heterocycles. The van der Waals surface area contributed by atoms with Crippen LogP contribution in [0.3, 0.4) is 0 Å². The van der Waals surface area contributed by atoms with Gasteiger partial charge >= 0.3 is 0 Å². The van der Waals surface area contributed by atoms with Gasteiger partial charge in [0.2, 0.25) is 0 Å². The summed E-state index contributed by atoms with van der Waals surface area (Å²) in [4.78, 5) is 0. The molecule has 0 aromatic carbocycles. The van der Waals surface area contributed by atoms with E-state index in [1.165, 1.54) is 5.69 Å². The summed E-state index contributed by atoms with van der Waals surface area (Å²) in [7, 11) is 1.94. The molecule has 2 rings (SSSR count). The van der Waals surface area contributed by atoms with Crippen molar-refractivity contribution in [3.63, 3.8) is 0 Å². The Balaban J connectivity index is 2.16. The summed E-state index contributed by atoms with van der Waals surface area (Å²) in [6.45, 7) is 6.53. The molecule has 98 valence electrons. The number of aliphatic hydroxyl groups excluding tert-OH is 1. The van der Waals surface area contributed by atoms with Crippen LogP contribution in [-0.4, -0.2) is 24.7 Å². The molecule has 1 atom stereocenters. The molecular formula is C13H20N4O. The normalized spacial score (nSPS) is 12.9. The summed E-state index contributed by atoms with van der Waals surface area (Å²) in [5, 5.41) is 18.4. The van der Waals surface area contributed by atoms with Crippen LogP contribution in [0.15, 0.2) is 12.3 Å². The van der Waals surface area contributed by atoms with E-state index in [2.05, 4.69) is 10.2 Å². The first-order valence-corrected chi connectivity index (χ1v) is 6.19. The predicted octanol–water partition coefficient (Wildman–Crippen LogP) is 1.53. The summed E-state index contributed by atoms with van der Waals surface area (Å²) < 4.78 is 3.84. The van der Waals surface area contributed by atoms with Gasteiger partial charge in [-0.25, -0.2) is 0 Å². The van der Waals surface area contributed by atoms with Gasteiger partial charge < -0.3 is 5.11 Å². The minimum atomic E-state index is -0.463. The van der Waals surface area contributed by atoms with E-state index in [0.29, 0.717) is 0 Å². The number of hydrogen-bond acceptors (Lipinski definition) is 3. The highest BCUT2D eigenvalue weighted by Gasteiger charge is 2.15. The van der Waals surface area contributed by atoms with Gasteiger partial charge in [-0.1, -0.05) is 0 Å². The van der Waals surface area contributed by atoms with Crippen molar-refractivity contribution in [2.75, 3.05) is 0 Å². The van der Waals surface area contributed by atoms with Crippen LogP contribution in [0.5, 0.6) is 0 Å². The molecule has 5 nitrogen and oxygen atoms in total. The smallest absolute Gasteiger partial charge is 0.0797 e. The molecule has 0 bridgehead atoms. The van der Waals surface area contributed by atoms with Gasteiger partial charge in [-0.15, -0.1) is 0 Å². The van der Waals surface area contributed by atoms with Crippen LogP contribution >= 0.6 is 0 Å². The number of aliphatic hydroxyl groups is 1. The van der Waals surface area contributed by atoms with Gasteiger partial charge in [-0.3, -0.25) is 9.36 Å². The zero-order chi connectivity index (χ0) is 13.3. The Kier molecular flexibility index (Phi) is 3.52. The second kappa shape index (κ2) is 4.94. The third-order valence-electron chi connectivity index (χ3n) is 3.36.